The van der Waals surface area contributed by atoms with Crippen molar-refractivity contribution in [3.05, 3.63) is 24.4 Å². The van der Waals surface area contributed by atoms with E-state index < -0.39 is 5.97 Å². The van der Waals surface area contributed by atoms with Crippen LogP contribution in [-0.2, 0) is 4.79 Å². The minimum absolute atomic E-state index is 0.0820. The quantitative estimate of drug-likeness (QED) is 0.617. The van der Waals surface area contributed by atoms with E-state index in [0.29, 0.717) is 0 Å². The van der Waals surface area contributed by atoms with Crippen LogP contribution < -0.4 is 0 Å². The van der Waals surface area contributed by atoms with Gasteiger partial charge in [-0.05, 0) is 0 Å². The Kier molecular flexibility index (Phi) is 1.89. The molecule has 0 bridgehead atoms. The van der Waals surface area contributed by atoms with E-state index in [1.807, 2.05) is 6.92 Å². The third-order valence-corrected chi connectivity index (χ3v) is 1.65. The summed E-state index contributed by atoms with van der Waals surface area (Å²) in [5.74, 6) is -0.880. The fraction of sp³-hybridized carbons (Fsp3) is 0.250. The molecule has 1 N–H and O–H groups in total. The van der Waals surface area contributed by atoms with E-state index >= 15 is 0 Å². The van der Waals surface area contributed by atoms with Crippen LogP contribution in [-0.4, -0.2) is 16.8 Å². The largest absolute Gasteiger partial charge is 0.477 e. The number of hydrogen-bond donors (Lipinski definition) is 1. The number of rotatable bonds is 3. The predicted molar refractivity (Wildman–Crippen MR) is 42.5 cm³/mol. The van der Waals surface area contributed by atoms with Crippen LogP contribution in [0.25, 0.3) is 0 Å². The maximum absolute atomic E-state index is 10.4. The number of carboxylic acids is 1. The molecular weight excluding hydrogens is 142 g/mol. The van der Waals surface area contributed by atoms with Crippen LogP contribution in [0.15, 0.2) is 29.4 Å². The van der Waals surface area contributed by atoms with Crippen LogP contribution in [0, 0.1) is 5.92 Å². The molecule has 1 aliphatic heterocycles. The van der Waals surface area contributed by atoms with E-state index in [0.717, 1.165) is 5.57 Å². The van der Waals surface area contributed by atoms with Gasteiger partial charge in [-0.25, -0.2) is 9.79 Å². The lowest BCUT2D eigenvalue weighted by Crippen LogP contribution is -2.23. The van der Waals surface area contributed by atoms with Gasteiger partial charge in [-0.1, -0.05) is 13.0 Å². The summed E-state index contributed by atoms with van der Waals surface area (Å²) in [7, 11) is 0. The van der Waals surface area contributed by atoms with Crippen LogP contribution in [0.4, 0.5) is 0 Å². The summed E-state index contributed by atoms with van der Waals surface area (Å²) in [6, 6.07) is 0. The summed E-state index contributed by atoms with van der Waals surface area (Å²) in [5.41, 5.74) is 0.921. The van der Waals surface area contributed by atoms with Gasteiger partial charge in [0.1, 0.15) is 0 Å². The zero-order valence-corrected chi connectivity index (χ0v) is 6.24. The molecule has 0 aromatic carbocycles. The standard InChI is InChI=1S/C8H9NO2/c1-3-5(2)6-4-9-7(6)8(10)11/h3-5H,1H2,2H3,(H,10,11). The lowest BCUT2D eigenvalue weighted by atomic mass is 9.95. The third-order valence-electron chi connectivity index (χ3n) is 1.65. The third kappa shape index (κ3) is 1.22. The highest BCUT2D eigenvalue weighted by Crippen LogP contribution is 2.20. The Hall–Kier alpha value is -1.38. The molecule has 0 amide bonds. The van der Waals surface area contributed by atoms with Crippen molar-refractivity contribution in [1.82, 2.24) is 0 Å². The number of aliphatic carboxylic acids is 1. The molecular formula is C8H9NO2. The molecule has 0 aromatic heterocycles. The molecule has 1 aliphatic rings. The van der Waals surface area contributed by atoms with Gasteiger partial charge in [0.05, 0.1) is 0 Å². The van der Waals surface area contributed by atoms with Gasteiger partial charge in [0.2, 0.25) is 0 Å². The summed E-state index contributed by atoms with van der Waals surface area (Å²) >= 11 is 0. The highest BCUT2D eigenvalue weighted by molar-refractivity contribution is 6.44. The van der Waals surface area contributed by atoms with Crippen LogP contribution in [0.3, 0.4) is 0 Å². The molecule has 0 radical (unpaired) electrons. The molecule has 0 aromatic rings. The minimum atomic E-state index is -0.962. The van der Waals surface area contributed by atoms with Gasteiger partial charge < -0.3 is 5.11 Å². The van der Waals surface area contributed by atoms with Crippen LogP contribution in [0.1, 0.15) is 6.92 Å². The summed E-state index contributed by atoms with van der Waals surface area (Å²) in [6.45, 7) is 5.45. The second kappa shape index (κ2) is 2.70. The second-order valence-corrected chi connectivity index (χ2v) is 2.39. The van der Waals surface area contributed by atoms with Crippen molar-refractivity contribution in [2.75, 3.05) is 0 Å². The van der Waals surface area contributed by atoms with Crippen molar-refractivity contribution in [3.63, 3.8) is 0 Å². The summed E-state index contributed by atoms with van der Waals surface area (Å²) < 4.78 is 0. The van der Waals surface area contributed by atoms with Crippen LogP contribution in [0.5, 0.6) is 0 Å². The Morgan fingerprint density at radius 1 is 1.91 bits per heavy atom. The predicted octanol–water partition coefficient (Wildman–Crippen LogP) is 1.23. The molecule has 0 fully saturated rings. The SMILES string of the molecule is C=CC(C)C1=CN=C1C(=O)O. The van der Waals surface area contributed by atoms with Gasteiger partial charge in [-0.3, -0.25) is 0 Å². The normalized spacial score (nSPS) is 17.5. The lowest BCUT2D eigenvalue weighted by molar-refractivity contribution is -0.129. The minimum Gasteiger partial charge on any atom is -0.477 e. The van der Waals surface area contributed by atoms with E-state index in [1.165, 1.54) is 0 Å². The van der Waals surface area contributed by atoms with E-state index in [4.69, 9.17) is 5.11 Å². The first kappa shape index (κ1) is 7.72. The molecule has 1 rings (SSSR count). The number of hydrogen-bond acceptors (Lipinski definition) is 2. The van der Waals surface area contributed by atoms with E-state index in [1.54, 1.807) is 12.3 Å². The highest BCUT2D eigenvalue weighted by atomic mass is 16.4. The Balaban J connectivity index is 2.67. The van der Waals surface area contributed by atoms with Crippen molar-refractivity contribution < 1.29 is 9.90 Å². The molecule has 0 saturated heterocycles. The Morgan fingerprint density at radius 2 is 2.55 bits per heavy atom. The van der Waals surface area contributed by atoms with Crippen LogP contribution >= 0.6 is 0 Å². The molecule has 3 nitrogen and oxygen atoms in total. The Morgan fingerprint density at radius 3 is 2.82 bits per heavy atom. The summed E-state index contributed by atoms with van der Waals surface area (Å²) in [6.07, 6.45) is 3.26. The number of nitrogens with zero attached hydrogens (tertiary/aromatic N) is 1. The van der Waals surface area contributed by atoms with Crippen LogP contribution in [0.2, 0.25) is 0 Å². The van der Waals surface area contributed by atoms with Crippen molar-refractivity contribution in [2.45, 2.75) is 6.92 Å². The molecule has 1 unspecified atom stereocenters. The number of carboxylic acid groups (broad SMARTS) is 1. The van der Waals surface area contributed by atoms with E-state index in [-0.39, 0.29) is 11.6 Å². The Labute approximate surface area is 64.8 Å². The topological polar surface area (TPSA) is 49.7 Å². The first-order valence-corrected chi connectivity index (χ1v) is 3.31. The monoisotopic (exact) mass is 151 g/mol. The van der Waals surface area contributed by atoms with Gasteiger partial charge >= 0.3 is 5.97 Å². The first-order valence-electron chi connectivity index (χ1n) is 3.31. The zero-order valence-electron chi connectivity index (χ0n) is 6.24. The molecule has 58 valence electrons. The first-order chi connectivity index (χ1) is 5.16. The summed E-state index contributed by atoms with van der Waals surface area (Å²) in [4.78, 5) is 14.0. The smallest absolute Gasteiger partial charge is 0.354 e. The molecule has 11 heavy (non-hydrogen) atoms. The number of allylic oxidation sites excluding steroid dienone is 1. The maximum atomic E-state index is 10.4. The van der Waals surface area contributed by atoms with Crippen molar-refractivity contribution in [1.29, 1.82) is 0 Å². The molecule has 1 atom stereocenters. The van der Waals surface area contributed by atoms with Crippen molar-refractivity contribution in [3.8, 4) is 0 Å². The lowest BCUT2D eigenvalue weighted by Gasteiger charge is -2.15. The average molecular weight is 151 g/mol. The maximum Gasteiger partial charge on any atom is 0.354 e. The molecule has 0 spiro atoms. The second-order valence-electron chi connectivity index (χ2n) is 2.39. The molecule has 0 saturated carbocycles. The fourth-order valence-corrected chi connectivity index (χ4v) is 0.843. The van der Waals surface area contributed by atoms with Crippen molar-refractivity contribution >= 4 is 11.7 Å². The highest BCUT2D eigenvalue weighted by Gasteiger charge is 2.23. The van der Waals surface area contributed by atoms with Gasteiger partial charge in [0.25, 0.3) is 0 Å². The van der Waals surface area contributed by atoms with E-state index in [9.17, 15) is 4.79 Å². The van der Waals surface area contributed by atoms with Gasteiger partial charge in [-0.2, -0.15) is 0 Å². The fourth-order valence-electron chi connectivity index (χ4n) is 0.843. The molecule has 1 heterocycles. The molecule has 3 heteroatoms. The number of aliphatic imine (C=N–C) groups is 1. The van der Waals surface area contributed by atoms with Crippen molar-refractivity contribution in [2.24, 2.45) is 10.9 Å². The average Bonchev–Trinajstić information content (AvgIpc) is 1.83. The molecule has 0 aliphatic carbocycles. The van der Waals surface area contributed by atoms with Gasteiger partial charge in [0.15, 0.2) is 5.71 Å². The summed E-state index contributed by atoms with van der Waals surface area (Å²) in [5, 5.41) is 8.54. The number of carbonyl (C=O) groups is 1. The van der Waals surface area contributed by atoms with E-state index in [2.05, 4.69) is 11.6 Å². The zero-order chi connectivity index (χ0) is 8.43. The van der Waals surface area contributed by atoms with Gasteiger partial charge in [0, 0.05) is 17.7 Å². The van der Waals surface area contributed by atoms with Gasteiger partial charge in [-0.15, -0.1) is 6.58 Å². The Bertz CT molecular complexity index is 263.